The number of aliphatic imine (C=N–C) groups is 1. The van der Waals surface area contributed by atoms with Gasteiger partial charge in [-0.25, -0.2) is 9.79 Å². The quantitative estimate of drug-likeness (QED) is 0.192. The third-order valence-electron chi connectivity index (χ3n) is 3.75. The highest BCUT2D eigenvalue weighted by Crippen LogP contribution is 2.25. The van der Waals surface area contributed by atoms with Crippen molar-refractivity contribution < 1.29 is 14.3 Å². The van der Waals surface area contributed by atoms with Crippen LogP contribution in [-0.4, -0.2) is 31.6 Å². The summed E-state index contributed by atoms with van der Waals surface area (Å²) in [5, 5.41) is 0. The molecule has 0 saturated carbocycles. The van der Waals surface area contributed by atoms with Crippen molar-refractivity contribution >= 4 is 6.08 Å². The van der Waals surface area contributed by atoms with E-state index in [0.29, 0.717) is 19.8 Å². The number of unbranched alkanes of at least 4 members (excludes halogenated alkanes) is 6. The molecular formula is C17H33NO3. The highest BCUT2D eigenvalue weighted by molar-refractivity contribution is 5.32. The van der Waals surface area contributed by atoms with E-state index >= 15 is 0 Å². The molecule has 0 amide bonds. The second-order valence-electron chi connectivity index (χ2n) is 5.33. The Balaban J connectivity index is 3.64. The molecule has 21 heavy (non-hydrogen) atoms. The molecule has 0 fully saturated rings. The van der Waals surface area contributed by atoms with E-state index in [2.05, 4.69) is 11.9 Å². The third-order valence-corrected chi connectivity index (χ3v) is 3.75. The highest BCUT2D eigenvalue weighted by atomic mass is 16.7. The smallest absolute Gasteiger partial charge is 0.234 e. The van der Waals surface area contributed by atoms with E-state index in [1.54, 1.807) is 6.08 Å². The van der Waals surface area contributed by atoms with Crippen LogP contribution in [-0.2, 0) is 14.3 Å². The zero-order chi connectivity index (χ0) is 15.8. The normalized spacial score (nSPS) is 11.4. The van der Waals surface area contributed by atoms with Gasteiger partial charge in [0.1, 0.15) is 0 Å². The van der Waals surface area contributed by atoms with Crippen molar-refractivity contribution in [2.75, 3.05) is 19.8 Å². The molecule has 0 aromatic heterocycles. The molecule has 124 valence electrons. The van der Waals surface area contributed by atoms with Gasteiger partial charge in [-0.15, -0.1) is 0 Å². The minimum atomic E-state index is -0.365. The Kier molecular flexibility index (Phi) is 13.8. The van der Waals surface area contributed by atoms with Crippen molar-refractivity contribution in [3.05, 3.63) is 0 Å². The van der Waals surface area contributed by atoms with Crippen LogP contribution in [0.25, 0.3) is 0 Å². The molecule has 0 aromatic carbocycles. The second-order valence-corrected chi connectivity index (χ2v) is 5.33. The first-order valence-electron chi connectivity index (χ1n) is 8.56. The SMILES string of the molecule is CCOC(CC)(CCCCCCCCCN=C=O)OCC. The Morgan fingerprint density at radius 1 is 0.857 bits per heavy atom. The molecule has 0 atom stereocenters. The monoisotopic (exact) mass is 299 g/mol. The summed E-state index contributed by atoms with van der Waals surface area (Å²) in [7, 11) is 0. The first-order valence-corrected chi connectivity index (χ1v) is 8.56. The minimum Gasteiger partial charge on any atom is -0.350 e. The summed E-state index contributed by atoms with van der Waals surface area (Å²) in [5.41, 5.74) is 0. The summed E-state index contributed by atoms with van der Waals surface area (Å²) in [6, 6.07) is 0. The van der Waals surface area contributed by atoms with Crippen LogP contribution in [0.15, 0.2) is 4.99 Å². The zero-order valence-electron chi connectivity index (χ0n) is 14.2. The predicted molar refractivity (Wildman–Crippen MR) is 86.2 cm³/mol. The number of hydrogen-bond donors (Lipinski definition) is 0. The molecule has 4 heteroatoms. The lowest BCUT2D eigenvalue weighted by atomic mass is 10.0. The van der Waals surface area contributed by atoms with Crippen molar-refractivity contribution in [2.45, 2.75) is 84.3 Å². The topological polar surface area (TPSA) is 47.9 Å². The summed E-state index contributed by atoms with van der Waals surface area (Å²) in [4.78, 5) is 13.5. The fraction of sp³-hybridized carbons (Fsp3) is 0.941. The highest BCUT2D eigenvalue weighted by Gasteiger charge is 2.28. The van der Waals surface area contributed by atoms with E-state index < -0.39 is 0 Å². The maximum absolute atomic E-state index is 9.90. The Bertz CT molecular complexity index is 269. The summed E-state index contributed by atoms with van der Waals surface area (Å²) < 4.78 is 11.7. The molecule has 0 saturated heterocycles. The number of ether oxygens (including phenoxy) is 2. The average molecular weight is 299 g/mol. The van der Waals surface area contributed by atoms with Crippen molar-refractivity contribution in [2.24, 2.45) is 4.99 Å². The van der Waals surface area contributed by atoms with E-state index in [0.717, 1.165) is 32.1 Å². The number of nitrogens with zero attached hydrogens (tertiary/aromatic N) is 1. The standard InChI is InChI=1S/C17H33NO3/c1-4-17(20-5-2,21-6-3)14-12-10-8-7-9-11-13-15-18-16-19/h4-15H2,1-3H3. The molecule has 0 aliphatic rings. The minimum absolute atomic E-state index is 0.365. The van der Waals surface area contributed by atoms with Crippen LogP contribution < -0.4 is 0 Å². The van der Waals surface area contributed by atoms with Gasteiger partial charge in [0, 0.05) is 19.6 Å². The lowest BCUT2D eigenvalue weighted by Crippen LogP contribution is -2.35. The predicted octanol–water partition coefficient (Wildman–Crippen LogP) is 4.62. The van der Waals surface area contributed by atoms with Gasteiger partial charge in [-0.2, -0.15) is 0 Å². The first kappa shape index (κ1) is 20.3. The molecule has 0 bridgehead atoms. The van der Waals surface area contributed by atoms with Crippen molar-refractivity contribution in [1.82, 2.24) is 0 Å². The third kappa shape index (κ3) is 10.6. The maximum Gasteiger partial charge on any atom is 0.234 e. The van der Waals surface area contributed by atoms with Crippen molar-refractivity contribution in [1.29, 1.82) is 0 Å². The van der Waals surface area contributed by atoms with Crippen molar-refractivity contribution in [3.8, 4) is 0 Å². The van der Waals surface area contributed by atoms with Crippen LogP contribution in [0.4, 0.5) is 0 Å². The summed E-state index contributed by atoms with van der Waals surface area (Å²) in [6.45, 7) is 8.22. The van der Waals surface area contributed by atoms with Gasteiger partial charge in [0.25, 0.3) is 0 Å². The number of hydrogen-bond acceptors (Lipinski definition) is 4. The van der Waals surface area contributed by atoms with Crippen LogP contribution >= 0.6 is 0 Å². The van der Waals surface area contributed by atoms with Gasteiger partial charge < -0.3 is 9.47 Å². The molecule has 0 unspecified atom stereocenters. The Hall–Kier alpha value is -0.700. The number of isocyanates is 1. The average Bonchev–Trinajstić information content (AvgIpc) is 2.49. The summed E-state index contributed by atoms with van der Waals surface area (Å²) in [5.74, 6) is -0.365. The van der Waals surface area contributed by atoms with E-state index in [1.807, 2.05) is 13.8 Å². The van der Waals surface area contributed by atoms with Gasteiger partial charge in [0.2, 0.25) is 6.08 Å². The summed E-state index contributed by atoms with van der Waals surface area (Å²) in [6.07, 6.45) is 11.8. The van der Waals surface area contributed by atoms with Gasteiger partial charge >= 0.3 is 0 Å². The van der Waals surface area contributed by atoms with Crippen LogP contribution in [0.5, 0.6) is 0 Å². The molecule has 0 radical (unpaired) electrons. The van der Waals surface area contributed by atoms with Crippen LogP contribution in [0.1, 0.15) is 78.6 Å². The fourth-order valence-corrected chi connectivity index (χ4v) is 2.61. The van der Waals surface area contributed by atoms with Crippen LogP contribution in [0.2, 0.25) is 0 Å². The molecule has 0 aliphatic heterocycles. The van der Waals surface area contributed by atoms with Gasteiger partial charge in [-0.3, -0.25) is 0 Å². The van der Waals surface area contributed by atoms with Gasteiger partial charge in [-0.1, -0.05) is 39.0 Å². The molecule has 0 heterocycles. The van der Waals surface area contributed by atoms with Gasteiger partial charge in [0.05, 0.1) is 6.54 Å². The fourth-order valence-electron chi connectivity index (χ4n) is 2.61. The van der Waals surface area contributed by atoms with E-state index in [1.165, 1.54) is 25.7 Å². The lowest BCUT2D eigenvalue weighted by Gasteiger charge is -2.32. The Labute approximate surface area is 130 Å². The van der Waals surface area contributed by atoms with Gasteiger partial charge in [-0.05, 0) is 33.1 Å². The molecule has 0 spiro atoms. The second kappa shape index (κ2) is 14.2. The summed E-state index contributed by atoms with van der Waals surface area (Å²) >= 11 is 0. The van der Waals surface area contributed by atoms with E-state index in [4.69, 9.17) is 9.47 Å². The number of carbonyl (C=O) groups excluding carboxylic acids is 1. The molecule has 0 N–H and O–H groups in total. The Morgan fingerprint density at radius 2 is 1.38 bits per heavy atom. The van der Waals surface area contributed by atoms with E-state index in [-0.39, 0.29) is 5.79 Å². The maximum atomic E-state index is 9.90. The molecule has 0 rings (SSSR count). The molecule has 4 nitrogen and oxygen atoms in total. The lowest BCUT2D eigenvalue weighted by molar-refractivity contribution is -0.239. The Morgan fingerprint density at radius 3 is 1.86 bits per heavy atom. The number of rotatable bonds is 15. The van der Waals surface area contributed by atoms with Gasteiger partial charge in [0.15, 0.2) is 5.79 Å². The van der Waals surface area contributed by atoms with Crippen molar-refractivity contribution in [3.63, 3.8) is 0 Å². The van der Waals surface area contributed by atoms with E-state index in [9.17, 15) is 4.79 Å². The molecule has 0 aliphatic carbocycles. The van der Waals surface area contributed by atoms with Crippen LogP contribution in [0, 0.1) is 0 Å². The first-order chi connectivity index (χ1) is 10.2. The largest absolute Gasteiger partial charge is 0.350 e. The molecular weight excluding hydrogens is 266 g/mol. The zero-order valence-corrected chi connectivity index (χ0v) is 14.2. The van der Waals surface area contributed by atoms with Crippen LogP contribution in [0.3, 0.4) is 0 Å². The molecule has 0 aromatic rings.